The quantitative estimate of drug-likeness (QED) is 0.681. The first-order valence-corrected chi connectivity index (χ1v) is 6.76. The van der Waals surface area contributed by atoms with E-state index in [1.165, 1.54) is 18.6 Å². The summed E-state index contributed by atoms with van der Waals surface area (Å²) in [5, 5.41) is 12.3. The van der Waals surface area contributed by atoms with Crippen LogP contribution in [0, 0.1) is 0 Å². The molecule has 0 aliphatic carbocycles. The molecule has 3 rings (SSSR count). The molecule has 0 N–H and O–H groups in total. The lowest BCUT2D eigenvalue weighted by Crippen LogP contribution is -2.03. The van der Waals surface area contributed by atoms with Gasteiger partial charge in [0.2, 0.25) is 0 Å². The van der Waals surface area contributed by atoms with E-state index in [0.29, 0.717) is 17.0 Å². The van der Waals surface area contributed by atoms with Gasteiger partial charge in [-0.1, -0.05) is 11.4 Å². The number of esters is 1. The van der Waals surface area contributed by atoms with Crippen LogP contribution in [-0.4, -0.2) is 37.3 Å². The molecule has 0 radical (unpaired) electrons. The summed E-state index contributed by atoms with van der Waals surface area (Å²) in [4.78, 5) is 12.5. The van der Waals surface area contributed by atoms with Crippen molar-refractivity contribution >= 4 is 23.1 Å². The summed E-state index contributed by atoms with van der Waals surface area (Å²) >= 11 is 1.27. The number of hydrogen-bond donors (Lipinski definition) is 0. The molecule has 0 spiro atoms. The van der Waals surface area contributed by atoms with E-state index in [1.807, 2.05) is 6.92 Å². The van der Waals surface area contributed by atoms with Gasteiger partial charge in [0.05, 0.1) is 18.4 Å². The van der Waals surface area contributed by atoms with Crippen LogP contribution in [0.4, 0.5) is 0 Å². The van der Waals surface area contributed by atoms with Gasteiger partial charge in [-0.2, -0.15) is 0 Å². The molecular weight excluding hydrogens is 278 g/mol. The predicted molar refractivity (Wildman–Crippen MR) is 72.6 cm³/mol. The summed E-state index contributed by atoms with van der Waals surface area (Å²) in [6, 6.07) is 3.38. The summed E-state index contributed by atoms with van der Waals surface area (Å²) in [6.45, 7) is 2.00. The molecule has 0 saturated heterocycles. The second-order valence-electron chi connectivity index (χ2n) is 4.06. The van der Waals surface area contributed by atoms with Gasteiger partial charge in [-0.15, -0.1) is 15.3 Å². The standard InChI is InChI=1S/C12H11N5O2S/c1-3-8-10(20-16-13-8)11-15-14-9-5-4-7(6-17(9)11)12(18)19-2/h4-6H,3H2,1-2H3. The molecule has 0 aliphatic rings. The SMILES string of the molecule is CCc1nnsc1-c1nnc2ccc(C(=O)OC)cn12. The van der Waals surface area contributed by atoms with Crippen LogP contribution in [0.2, 0.25) is 0 Å². The van der Waals surface area contributed by atoms with Crippen LogP contribution in [-0.2, 0) is 11.2 Å². The Kier molecular flexibility index (Phi) is 3.15. The Balaban J connectivity index is 2.19. The second kappa shape index (κ2) is 4.97. The van der Waals surface area contributed by atoms with Gasteiger partial charge >= 0.3 is 5.97 Å². The molecule has 20 heavy (non-hydrogen) atoms. The number of aromatic nitrogens is 5. The Morgan fingerprint density at radius 2 is 2.20 bits per heavy atom. The van der Waals surface area contributed by atoms with E-state index in [0.717, 1.165) is 17.0 Å². The first-order valence-electron chi connectivity index (χ1n) is 5.99. The number of rotatable bonds is 3. The number of pyridine rings is 1. The summed E-state index contributed by atoms with van der Waals surface area (Å²) in [7, 11) is 1.35. The monoisotopic (exact) mass is 289 g/mol. The van der Waals surface area contributed by atoms with Gasteiger partial charge in [0.15, 0.2) is 11.5 Å². The molecule has 0 bridgehead atoms. The van der Waals surface area contributed by atoms with Crippen LogP contribution in [0.25, 0.3) is 16.3 Å². The van der Waals surface area contributed by atoms with Crippen molar-refractivity contribution < 1.29 is 9.53 Å². The second-order valence-corrected chi connectivity index (χ2v) is 4.82. The zero-order valence-corrected chi connectivity index (χ0v) is 11.7. The lowest BCUT2D eigenvalue weighted by molar-refractivity contribution is 0.0600. The van der Waals surface area contributed by atoms with E-state index in [1.54, 1.807) is 22.7 Å². The highest BCUT2D eigenvalue weighted by Gasteiger charge is 2.16. The molecule has 3 heterocycles. The van der Waals surface area contributed by atoms with Gasteiger partial charge < -0.3 is 4.74 Å². The number of hydrogen-bond acceptors (Lipinski definition) is 7. The first-order chi connectivity index (χ1) is 9.74. The van der Waals surface area contributed by atoms with Crippen molar-refractivity contribution in [1.82, 2.24) is 24.2 Å². The zero-order valence-electron chi connectivity index (χ0n) is 10.9. The van der Waals surface area contributed by atoms with E-state index in [-0.39, 0.29) is 0 Å². The number of aryl methyl sites for hydroxylation is 1. The highest BCUT2D eigenvalue weighted by molar-refractivity contribution is 7.09. The van der Waals surface area contributed by atoms with Crippen molar-refractivity contribution in [1.29, 1.82) is 0 Å². The van der Waals surface area contributed by atoms with Crippen molar-refractivity contribution in [3.8, 4) is 10.7 Å². The Morgan fingerprint density at radius 1 is 1.35 bits per heavy atom. The average Bonchev–Trinajstić information content (AvgIpc) is 3.11. The molecule has 0 atom stereocenters. The molecule has 0 aliphatic heterocycles. The first kappa shape index (κ1) is 12.7. The Morgan fingerprint density at radius 3 is 2.95 bits per heavy atom. The molecule has 0 fully saturated rings. The summed E-state index contributed by atoms with van der Waals surface area (Å²) in [5.41, 5.74) is 1.97. The largest absolute Gasteiger partial charge is 0.465 e. The molecular formula is C12H11N5O2S. The van der Waals surface area contributed by atoms with Crippen LogP contribution in [0.1, 0.15) is 23.0 Å². The Hall–Kier alpha value is -2.35. The van der Waals surface area contributed by atoms with Crippen molar-refractivity contribution in [2.75, 3.05) is 7.11 Å². The lowest BCUT2D eigenvalue weighted by Gasteiger charge is -2.02. The summed E-state index contributed by atoms with van der Waals surface area (Å²) < 4.78 is 10.4. The third kappa shape index (κ3) is 1.94. The average molecular weight is 289 g/mol. The fraction of sp³-hybridized carbons (Fsp3) is 0.250. The third-order valence-corrected chi connectivity index (χ3v) is 3.68. The van der Waals surface area contributed by atoms with Gasteiger partial charge in [0.25, 0.3) is 0 Å². The number of carbonyl (C=O) groups excluding carboxylic acids is 1. The van der Waals surface area contributed by atoms with E-state index in [9.17, 15) is 4.79 Å². The van der Waals surface area contributed by atoms with Gasteiger partial charge in [-0.05, 0) is 30.1 Å². The maximum absolute atomic E-state index is 11.6. The van der Waals surface area contributed by atoms with Gasteiger partial charge in [-0.3, -0.25) is 4.40 Å². The lowest BCUT2D eigenvalue weighted by atomic mass is 10.2. The third-order valence-electron chi connectivity index (χ3n) is 2.92. The summed E-state index contributed by atoms with van der Waals surface area (Å²) in [6.07, 6.45) is 2.42. The van der Waals surface area contributed by atoms with Crippen molar-refractivity contribution in [2.45, 2.75) is 13.3 Å². The van der Waals surface area contributed by atoms with Crippen LogP contribution in [0.5, 0.6) is 0 Å². The number of nitrogens with zero attached hydrogens (tertiary/aromatic N) is 5. The Labute approximate surface area is 118 Å². The number of methoxy groups -OCH3 is 1. The van der Waals surface area contributed by atoms with E-state index < -0.39 is 5.97 Å². The molecule has 102 valence electrons. The van der Waals surface area contributed by atoms with Gasteiger partial charge in [-0.25, -0.2) is 4.79 Å². The molecule has 7 nitrogen and oxygen atoms in total. The van der Waals surface area contributed by atoms with Crippen LogP contribution in [0.15, 0.2) is 18.3 Å². The van der Waals surface area contributed by atoms with Crippen molar-refractivity contribution in [3.05, 3.63) is 29.6 Å². The Bertz CT molecular complexity index is 779. The van der Waals surface area contributed by atoms with Crippen LogP contribution >= 0.6 is 11.5 Å². The van der Waals surface area contributed by atoms with E-state index in [4.69, 9.17) is 4.74 Å². The fourth-order valence-corrected chi connectivity index (χ4v) is 2.63. The van der Waals surface area contributed by atoms with Crippen LogP contribution < -0.4 is 0 Å². The maximum Gasteiger partial charge on any atom is 0.339 e. The zero-order chi connectivity index (χ0) is 14.1. The van der Waals surface area contributed by atoms with Crippen molar-refractivity contribution in [3.63, 3.8) is 0 Å². The number of ether oxygens (including phenoxy) is 1. The minimum Gasteiger partial charge on any atom is -0.465 e. The molecule has 0 saturated carbocycles. The normalized spacial score (nSPS) is 10.9. The molecule has 8 heteroatoms. The van der Waals surface area contributed by atoms with E-state index >= 15 is 0 Å². The topological polar surface area (TPSA) is 82.3 Å². The minimum atomic E-state index is -0.398. The predicted octanol–water partition coefficient (Wildman–Crippen LogP) is 1.60. The summed E-state index contributed by atoms with van der Waals surface area (Å²) in [5.74, 6) is 0.238. The van der Waals surface area contributed by atoms with Gasteiger partial charge in [0.1, 0.15) is 4.88 Å². The van der Waals surface area contributed by atoms with Gasteiger partial charge in [0, 0.05) is 6.20 Å². The number of fused-ring (bicyclic) bond motifs is 1. The molecule has 3 aromatic rings. The van der Waals surface area contributed by atoms with Crippen molar-refractivity contribution in [2.24, 2.45) is 0 Å². The molecule has 0 amide bonds. The molecule has 0 aromatic carbocycles. The minimum absolute atomic E-state index is 0.398. The maximum atomic E-state index is 11.6. The smallest absolute Gasteiger partial charge is 0.339 e. The molecule has 0 unspecified atom stereocenters. The highest BCUT2D eigenvalue weighted by atomic mass is 32.1. The molecule has 3 aromatic heterocycles. The van der Waals surface area contributed by atoms with Crippen LogP contribution in [0.3, 0.4) is 0 Å². The highest BCUT2D eigenvalue weighted by Crippen LogP contribution is 2.25. The number of carbonyl (C=O) groups is 1. The van der Waals surface area contributed by atoms with E-state index in [2.05, 4.69) is 19.8 Å². The fourth-order valence-electron chi connectivity index (χ4n) is 1.89.